The first-order chi connectivity index (χ1) is 13.6. The van der Waals surface area contributed by atoms with Crippen molar-refractivity contribution in [3.05, 3.63) is 48.0 Å². The molecule has 0 N–H and O–H groups in total. The van der Waals surface area contributed by atoms with Crippen LogP contribution in [-0.2, 0) is 6.42 Å². The molecule has 1 fully saturated rings. The van der Waals surface area contributed by atoms with Crippen molar-refractivity contribution >= 4 is 5.82 Å². The van der Waals surface area contributed by atoms with Crippen molar-refractivity contribution in [1.82, 2.24) is 30.0 Å². The van der Waals surface area contributed by atoms with E-state index >= 15 is 0 Å². The highest BCUT2D eigenvalue weighted by atomic mass is 16.5. The first-order valence-electron chi connectivity index (χ1n) is 9.71. The number of rotatable bonds is 5. The van der Waals surface area contributed by atoms with Crippen molar-refractivity contribution in [3.63, 3.8) is 0 Å². The Hall–Kier alpha value is -2.87. The van der Waals surface area contributed by atoms with Crippen LogP contribution in [0.5, 0.6) is 0 Å². The number of aromatic nitrogens is 5. The van der Waals surface area contributed by atoms with Crippen LogP contribution < -0.4 is 4.90 Å². The van der Waals surface area contributed by atoms with Crippen LogP contribution in [0, 0.1) is 6.92 Å². The number of hydrogen-bond donors (Lipinski definition) is 0. The quantitative estimate of drug-likeness (QED) is 0.669. The van der Waals surface area contributed by atoms with Gasteiger partial charge in [0.2, 0.25) is 5.89 Å². The zero-order valence-electron chi connectivity index (χ0n) is 16.5. The van der Waals surface area contributed by atoms with Gasteiger partial charge in [-0.1, -0.05) is 12.1 Å². The lowest BCUT2D eigenvalue weighted by Crippen LogP contribution is -2.47. The molecule has 0 aromatic carbocycles. The Kier molecular flexibility index (Phi) is 5.29. The average molecular weight is 379 g/mol. The lowest BCUT2D eigenvalue weighted by molar-refractivity contribution is 0.164. The first kappa shape index (κ1) is 18.5. The van der Waals surface area contributed by atoms with Gasteiger partial charge in [-0.25, -0.2) is 9.97 Å². The van der Waals surface area contributed by atoms with Gasteiger partial charge in [0.15, 0.2) is 11.6 Å². The fraction of sp³-hybridized carbons (Fsp3) is 0.450. The summed E-state index contributed by atoms with van der Waals surface area (Å²) in [6, 6.07) is 6.12. The molecule has 8 heteroatoms. The zero-order chi connectivity index (χ0) is 19.5. The molecule has 1 unspecified atom stereocenters. The Morgan fingerprint density at radius 2 is 1.82 bits per heavy atom. The van der Waals surface area contributed by atoms with E-state index < -0.39 is 0 Å². The van der Waals surface area contributed by atoms with Gasteiger partial charge in [0.1, 0.15) is 5.82 Å². The summed E-state index contributed by atoms with van der Waals surface area (Å²) in [5.74, 6) is 3.10. The van der Waals surface area contributed by atoms with E-state index in [9.17, 15) is 0 Å². The van der Waals surface area contributed by atoms with Gasteiger partial charge in [0.05, 0.1) is 6.04 Å². The molecule has 3 aromatic heterocycles. The molecule has 4 rings (SSSR count). The smallest absolute Gasteiger partial charge is 0.243 e. The van der Waals surface area contributed by atoms with Crippen LogP contribution in [0.15, 0.2) is 35.1 Å². The Morgan fingerprint density at radius 1 is 1.07 bits per heavy atom. The highest BCUT2D eigenvalue weighted by molar-refractivity contribution is 5.57. The summed E-state index contributed by atoms with van der Waals surface area (Å²) in [5, 5.41) is 3.91. The number of aryl methyl sites for hydroxylation is 2. The first-order valence-corrected chi connectivity index (χ1v) is 9.71. The van der Waals surface area contributed by atoms with Crippen LogP contribution in [0.2, 0.25) is 0 Å². The van der Waals surface area contributed by atoms with Gasteiger partial charge in [-0.15, -0.1) is 0 Å². The fourth-order valence-electron chi connectivity index (χ4n) is 3.43. The highest BCUT2D eigenvalue weighted by Gasteiger charge is 2.26. The van der Waals surface area contributed by atoms with E-state index in [0.29, 0.717) is 11.7 Å². The molecule has 1 aliphatic rings. The zero-order valence-corrected chi connectivity index (χ0v) is 16.5. The second kappa shape index (κ2) is 8.02. The number of pyridine rings is 1. The van der Waals surface area contributed by atoms with Gasteiger partial charge in [0, 0.05) is 55.9 Å². The third-order valence-corrected chi connectivity index (χ3v) is 5.15. The molecular formula is C20H25N7O. The summed E-state index contributed by atoms with van der Waals surface area (Å²) in [7, 11) is 0. The lowest BCUT2D eigenvalue weighted by Gasteiger charge is -2.37. The summed E-state index contributed by atoms with van der Waals surface area (Å²) < 4.78 is 5.34. The molecular weight excluding hydrogens is 354 g/mol. The normalized spacial score (nSPS) is 16.3. The predicted octanol–water partition coefficient (Wildman–Crippen LogP) is 2.68. The molecule has 146 valence electrons. The Labute approximate surface area is 164 Å². The number of nitrogens with zero attached hydrogens (tertiary/aromatic N) is 7. The van der Waals surface area contributed by atoms with Crippen LogP contribution in [0.1, 0.15) is 37.3 Å². The van der Waals surface area contributed by atoms with E-state index in [1.807, 2.05) is 19.1 Å². The number of hydrogen-bond acceptors (Lipinski definition) is 8. The molecule has 1 atom stereocenters. The second-order valence-corrected chi connectivity index (χ2v) is 7.01. The SMILES string of the molecule is CCc1cc(N2CCN(C(C)c3nc(C)no3)CC2)nc(-c2ccncc2)n1. The molecule has 1 saturated heterocycles. The molecule has 0 aliphatic carbocycles. The number of anilines is 1. The molecule has 4 heterocycles. The molecule has 3 aromatic rings. The van der Waals surface area contributed by atoms with Crippen molar-refractivity contribution in [2.45, 2.75) is 33.2 Å². The maximum atomic E-state index is 5.34. The summed E-state index contributed by atoms with van der Waals surface area (Å²) in [6.07, 6.45) is 4.42. The van der Waals surface area contributed by atoms with Gasteiger partial charge < -0.3 is 9.42 Å². The molecule has 28 heavy (non-hydrogen) atoms. The molecule has 0 bridgehead atoms. The fourth-order valence-corrected chi connectivity index (χ4v) is 3.43. The van der Waals surface area contributed by atoms with Crippen molar-refractivity contribution in [2.24, 2.45) is 0 Å². The molecule has 1 aliphatic heterocycles. The summed E-state index contributed by atoms with van der Waals surface area (Å²) in [4.78, 5) is 22.7. The van der Waals surface area contributed by atoms with E-state index in [1.54, 1.807) is 12.4 Å². The van der Waals surface area contributed by atoms with Crippen LogP contribution >= 0.6 is 0 Å². The standard InChI is InChI=1S/C20H25N7O/c1-4-17-13-18(24-19(23-17)16-5-7-21-8-6-16)27-11-9-26(10-12-27)14(2)20-22-15(3)25-28-20/h5-8,13-14H,4,9-12H2,1-3H3. The van der Waals surface area contributed by atoms with E-state index in [-0.39, 0.29) is 6.04 Å². The third-order valence-electron chi connectivity index (χ3n) is 5.15. The maximum absolute atomic E-state index is 5.34. The summed E-state index contributed by atoms with van der Waals surface area (Å²) >= 11 is 0. The van der Waals surface area contributed by atoms with E-state index in [2.05, 4.69) is 44.8 Å². The van der Waals surface area contributed by atoms with Crippen LogP contribution in [-0.4, -0.2) is 56.2 Å². The van der Waals surface area contributed by atoms with Gasteiger partial charge in [-0.2, -0.15) is 4.98 Å². The Morgan fingerprint density at radius 3 is 2.46 bits per heavy atom. The third kappa shape index (κ3) is 3.87. The van der Waals surface area contributed by atoms with E-state index in [1.165, 1.54) is 0 Å². The average Bonchev–Trinajstić information content (AvgIpc) is 3.20. The molecule has 0 saturated carbocycles. The monoisotopic (exact) mass is 379 g/mol. The second-order valence-electron chi connectivity index (χ2n) is 7.01. The minimum Gasteiger partial charge on any atom is -0.354 e. The number of piperazine rings is 1. The predicted molar refractivity (Wildman–Crippen MR) is 106 cm³/mol. The van der Waals surface area contributed by atoms with Crippen molar-refractivity contribution < 1.29 is 4.52 Å². The van der Waals surface area contributed by atoms with Crippen LogP contribution in [0.25, 0.3) is 11.4 Å². The topological polar surface area (TPSA) is 84.1 Å². The highest BCUT2D eigenvalue weighted by Crippen LogP contribution is 2.24. The van der Waals surface area contributed by atoms with Gasteiger partial charge >= 0.3 is 0 Å². The van der Waals surface area contributed by atoms with E-state index in [4.69, 9.17) is 14.5 Å². The van der Waals surface area contributed by atoms with Crippen LogP contribution in [0.3, 0.4) is 0 Å². The molecule has 0 spiro atoms. The Balaban J connectivity index is 1.50. The minimum atomic E-state index is 0.118. The minimum absolute atomic E-state index is 0.118. The van der Waals surface area contributed by atoms with Gasteiger partial charge in [0.25, 0.3) is 0 Å². The van der Waals surface area contributed by atoms with Crippen molar-refractivity contribution in [3.8, 4) is 11.4 Å². The maximum Gasteiger partial charge on any atom is 0.243 e. The Bertz CT molecular complexity index is 919. The molecule has 0 amide bonds. The van der Waals surface area contributed by atoms with E-state index in [0.717, 1.165) is 55.5 Å². The lowest BCUT2D eigenvalue weighted by atomic mass is 10.2. The molecule has 8 nitrogen and oxygen atoms in total. The van der Waals surface area contributed by atoms with Crippen molar-refractivity contribution in [1.29, 1.82) is 0 Å². The summed E-state index contributed by atoms with van der Waals surface area (Å²) in [6.45, 7) is 9.70. The van der Waals surface area contributed by atoms with Gasteiger partial charge in [-0.3, -0.25) is 9.88 Å². The summed E-state index contributed by atoms with van der Waals surface area (Å²) in [5.41, 5.74) is 2.04. The van der Waals surface area contributed by atoms with Crippen molar-refractivity contribution in [2.75, 3.05) is 31.1 Å². The largest absolute Gasteiger partial charge is 0.354 e. The molecule has 0 radical (unpaired) electrons. The van der Waals surface area contributed by atoms with Gasteiger partial charge in [-0.05, 0) is 32.4 Å². The van der Waals surface area contributed by atoms with Crippen LogP contribution in [0.4, 0.5) is 5.82 Å².